The number of halogens is 2. The molecule has 1 N–H and O–H groups in total. The van der Waals surface area contributed by atoms with Crippen molar-refractivity contribution >= 4 is 27.3 Å². The molecule has 0 radical (unpaired) electrons. The Morgan fingerprint density at radius 1 is 1.50 bits per heavy atom. The van der Waals surface area contributed by atoms with Crippen molar-refractivity contribution < 1.29 is 4.39 Å². The fourth-order valence-corrected chi connectivity index (χ4v) is 3.00. The Hall–Kier alpha value is -0.780. The molecule has 1 heterocycles. The lowest BCUT2D eigenvalue weighted by Gasteiger charge is -2.13. The smallest absolute Gasteiger partial charge is 0.127 e. The van der Waals surface area contributed by atoms with Crippen LogP contribution in [-0.4, -0.2) is 4.98 Å². The van der Waals surface area contributed by atoms with Gasteiger partial charge in [-0.15, -0.1) is 11.3 Å². The molecule has 1 atom stereocenters. The minimum Gasteiger partial charge on any atom is -0.305 e. The maximum Gasteiger partial charge on any atom is 0.127 e. The van der Waals surface area contributed by atoms with Crippen molar-refractivity contribution in [1.82, 2.24) is 10.3 Å². The van der Waals surface area contributed by atoms with Crippen molar-refractivity contribution in [3.63, 3.8) is 0 Å². The van der Waals surface area contributed by atoms with Crippen LogP contribution in [0.5, 0.6) is 0 Å². The van der Waals surface area contributed by atoms with Crippen molar-refractivity contribution in [3.8, 4) is 0 Å². The molecule has 1 aromatic heterocycles. The SMILES string of the molecule is Cc1ncsc1C(C)NCc1cc(Br)ccc1F. The number of hydrogen-bond donors (Lipinski definition) is 1. The van der Waals surface area contributed by atoms with Crippen molar-refractivity contribution in [3.05, 3.63) is 50.1 Å². The van der Waals surface area contributed by atoms with Crippen LogP contribution in [0.3, 0.4) is 0 Å². The Kier molecular flexibility index (Phi) is 4.48. The first-order valence-electron chi connectivity index (χ1n) is 5.65. The van der Waals surface area contributed by atoms with Gasteiger partial charge in [-0.3, -0.25) is 0 Å². The van der Waals surface area contributed by atoms with E-state index >= 15 is 0 Å². The number of benzene rings is 1. The van der Waals surface area contributed by atoms with Crippen molar-refractivity contribution in [1.29, 1.82) is 0 Å². The molecule has 0 saturated carbocycles. The van der Waals surface area contributed by atoms with Gasteiger partial charge in [0.2, 0.25) is 0 Å². The van der Waals surface area contributed by atoms with E-state index in [1.54, 1.807) is 23.5 Å². The van der Waals surface area contributed by atoms with Crippen LogP contribution >= 0.6 is 27.3 Å². The van der Waals surface area contributed by atoms with Crippen LogP contribution in [0.15, 0.2) is 28.2 Å². The van der Waals surface area contributed by atoms with Crippen LogP contribution in [0.1, 0.15) is 29.1 Å². The van der Waals surface area contributed by atoms with Gasteiger partial charge >= 0.3 is 0 Å². The predicted octanol–water partition coefficient (Wildman–Crippen LogP) is 4.20. The van der Waals surface area contributed by atoms with Gasteiger partial charge in [-0.25, -0.2) is 9.37 Å². The molecule has 2 nitrogen and oxygen atoms in total. The Balaban J connectivity index is 2.03. The summed E-state index contributed by atoms with van der Waals surface area (Å²) < 4.78 is 14.5. The number of aryl methyl sites for hydroxylation is 1. The molecule has 5 heteroatoms. The fraction of sp³-hybridized carbons (Fsp3) is 0.308. The molecule has 0 saturated heterocycles. The third-order valence-electron chi connectivity index (χ3n) is 2.78. The van der Waals surface area contributed by atoms with Crippen molar-refractivity contribution in [2.45, 2.75) is 26.4 Å². The van der Waals surface area contributed by atoms with Gasteiger partial charge in [0.15, 0.2) is 0 Å². The van der Waals surface area contributed by atoms with Gasteiger partial charge < -0.3 is 5.32 Å². The van der Waals surface area contributed by atoms with E-state index in [1.807, 2.05) is 12.4 Å². The van der Waals surface area contributed by atoms with Crippen LogP contribution in [0.25, 0.3) is 0 Å². The van der Waals surface area contributed by atoms with Gasteiger partial charge in [0.05, 0.1) is 11.2 Å². The summed E-state index contributed by atoms with van der Waals surface area (Å²) in [6.07, 6.45) is 0. The summed E-state index contributed by atoms with van der Waals surface area (Å²) in [4.78, 5) is 5.42. The normalized spacial score (nSPS) is 12.7. The van der Waals surface area contributed by atoms with Crippen LogP contribution in [0, 0.1) is 12.7 Å². The number of thiazole rings is 1. The van der Waals surface area contributed by atoms with E-state index in [9.17, 15) is 4.39 Å². The molecule has 0 aliphatic carbocycles. The van der Waals surface area contributed by atoms with E-state index in [1.165, 1.54) is 10.9 Å². The first-order valence-corrected chi connectivity index (χ1v) is 7.32. The number of nitrogens with one attached hydrogen (secondary N) is 1. The van der Waals surface area contributed by atoms with E-state index in [4.69, 9.17) is 0 Å². The van der Waals surface area contributed by atoms with Gasteiger partial charge in [-0.2, -0.15) is 0 Å². The standard InChI is InChI=1S/C13H14BrFN2S/c1-8(13-9(2)17-7-18-13)16-6-10-5-11(14)3-4-12(10)15/h3-5,7-8,16H,6H2,1-2H3. The monoisotopic (exact) mass is 328 g/mol. The highest BCUT2D eigenvalue weighted by Gasteiger charge is 2.11. The highest BCUT2D eigenvalue weighted by molar-refractivity contribution is 9.10. The molecule has 96 valence electrons. The zero-order chi connectivity index (χ0) is 13.1. The van der Waals surface area contributed by atoms with E-state index in [0.29, 0.717) is 12.1 Å². The number of hydrogen-bond acceptors (Lipinski definition) is 3. The third-order valence-corrected chi connectivity index (χ3v) is 4.39. The first-order chi connectivity index (χ1) is 8.58. The zero-order valence-corrected chi connectivity index (χ0v) is 12.6. The second-order valence-corrected chi connectivity index (χ2v) is 5.94. The van der Waals surface area contributed by atoms with Crippen LogP contribution in [0.2, 0.25) is 0 Å². The van der Waals surface area contributed by atoms with E-state index in [2.05, 4.69) is 33.2 Å². The summed E-state index contributed by atoms with van der Waals surface area (Å²) in [5.74, 6) is -0.182. The summed E-state index contributed by atoms with van der Waals surface area (Å²) >= 11 is 4.97. The third kappa shape index (κ3) is 3.16. The molecule has 0 amide bonds. The van der Waals surface area contributed by atoms with Gasteiger partial charge in [0, 0.05) is 27.5 Å². The molecular weight excluding hydrogens is 315 g/mol. The Morgan fingerprint density at radius 2 is 2.28 bits per heavy atom. The molecule has 0 aliphatic rings. The van der Waals surface area contributed by atoms with Gasteiger partial charge in [-0.05, 0) is 32.0 Å². The quantitative estimate of drug-likeness (QED) is 0.909. The minimum atomic E-state index is -0.182. The second kappa shape index (κ2) is 5.91. The lowest BCUT2D eigenvalue weighted by Crippen LogP contribution is -2.18. The summed E-state index contributed by atoms with van der Waals surface area (Å²) in [5, 5.41) is 3.32. The molecule has 0 bridgehead atoms. The Morgan fingerprint density at radius 3 is 2.94 bits per heavy atom. The largest absolute Gasteiger partial charge is 0.305 e. The highest BCUT2D eigenvalue weighted by Crippen LogP contribution is 2.22. The molecule has 0 fully saturated rings. The van der Waals surface area contributed by atoms with Crippen LogP contribution in [-0.2, 0) is 6.54 Å². The van der Waals surface area contributed by atoms with Crippen molar-refractivity contribution in [2.75, 3.05) is 0 Å². The topological polar surface area (TPSA) is 24.9 Å². The molecular formula is C13H14BrFN2S. The number of aromatic nitrogens is 1. The number of rotatable bonds is 4. The molecule has 0 aliphatic heterocycles. The Labute approximate surface area is 118 Å². The molecule has 1 unspecified atom stereocenters. The maximum absolute atomic E-state index is 13.6. The lowest BCUT2D eigenvalue weighted by molar-refractivity contribution is 0.547. The van der Waals surface area contributed by atoms with Gasteiger partial charge in [-0.1, -0.05) is 15.9 Å². The molecule has 2 aromatic rings. The van der Waals surface area contributed by atoms with Crippen LogP contribution in [0.4, 0.5) is 4.39 Å². The van der Waals surface area contributed by atoms with Crippen LogP contribution < -0.4 is 5.32 Å². The summed E-state index contributed by atoms with van der Waals surface area (Å²) in [5.41, 5.74) is 3.54. The summed E-state index contributed by atoms with van der Waals surface area (Å²) in [7, 11) is 0. The molecule has 1 aromatic carbocycles. The summed E-state index contributed by atoms with van der Waals surface area (Å²) in [6, 6.07) is 5.16. The molecule has 0 spiro atoms. The minimum absolute atomic E-state index is 0.177. The fourth-order valence-electron chi connectivity index (χ4n) is 1.76. The lowest BCUT2D eigenvalue weighted by atomic mass is 10.2. The van der Waals surface area contributed by atoms with E-state index < -0.39 is 0 Å². The second-order valence-electron chi connectivity index (χ2n) is 4.14. The number of nitrogens with zero attached hydrogens (tertiary/aromatic N) is 1. The molecule has 18 heavy (non-hydrogen) atoms. The van der Waals surface area contributed by atoms with E-state index in [0.717, 1.165) is 10.2 Å². The maximum atomic E-state index is 13.6. The van der Waals surface area contributed by atoms with Gasteiger partial charge in [0.1, 0.15) is 5.82 Å². The Bertz CT molecular complexity index is 542. The van der Waals surface area contributed by atoms with E-state index in [-0.39, 0.29) is 11.9 Å². The average Bonchev–Trinajstić information content (AvgIpc) is 2.76. The highest BCUT2D eigenvalue weighted by atomic mass is 79.9. The van der Waals surface area contributed by atoms with Crippen molar-refractivity contribution in [2.24, 2.45) is 0 Å². The average molecular weight is 329 g/mol. The molecule has 2 rings (SSSR count). The van der Waals surface area contributed by atoms with Gasteiger partial charge in [0.25, 0.3) is 0 Å². The first kappa shape index (κ1) is 13.6. The zero-order valence-electron chi connectivity index (χ0n) is 10.2. The predicted molar refractivity (Wildman–Crippen MR) is 76.2 cm³/mol. The summed E-state index contributed by atoms with van der Waals surface area (Å²) in [6.45, 7) is 4.56.